The van der Waals surface area contributed by atoms with Crippen molar-refractivity contribution in [3.05, 3.63) is 259 Å². The van der Waals surface area contributed by atoms with Gasteiger partial charge in [0.05, 0.1) is 0 Å². The van der Waals surface area contributed by atoms with Gasteiger partial charge < -0.3 is 9.32 Å². The molecule has 0 amide bonds. The van der Waals surface area contributed by atoms with Crippen molar-refractivity contribution in [1.82, 2.24) is 0 Å². The Hall–Kier alpha value is -8.72. The van der Waals surface area contributed by atoms with Gasteiger partial charge >= 0.3 is 0 Å². The van der Waals surface area contributed by atoms with E-state index in [0.717, 1.165) is 50.1 Å². The first-order chi connectivity index (χ1) is 35.2. The highest BCUT2D eigenvalue weighted by Gasteiger charge is 2.40. The molecule has 0 fully saturated rings. The smallest absolute Gasteiger partial charge is 0.143 e. The normalized spacial score (nSPS) is 13.8. The highest BCUT2D eigenvalue weighted by atomic mass is 16.3. The first-order valence-corrected chi connectivity index (χ1v) is 25.2. The minimum atomic E-state index is -0.199. The molecule has 1 aromatic heterocycles. The van der Waals surface area contributed by atoms with Gasteiger partial charge in [0.25, 0.3) is 0 Å². The average molecular weight is 922 g/mol. The zero-order valence-corrected chi connectivity index (χ0v) is 40.9. The van der Waals surface area contributed by atoms with Crippen LogP contribution in [0.3, 0.4) is 0 Å². The monoisotopic (exact) mass is 921 g/mol. The fraction of sp³-hybridized carbons (Fsp3) is 0.0857. The third kappa shape index (κ3) is 6.28. The predicted octanol–water partition coefficient (Wildman–Crippen LogP) is 19.5. The summed E-state index contributed by atoms with van der Waals surface area (Å²) < 4.78 is 6.52. The summed E-state index contributed by atoms with van der Waals surface area (Å²) in [4.78, 5) is 2.43. The number of nitrogens with zero attached hydrogens (tertiary/aromatic N) is 1. The summed E-state index contributed by atoms with van der Waals surface area (Å²) in [7, 11) is 0. The minimum absolute atomic E-state index is 0.150. The molecule has 0 N–H and O–H groups in total. The summed E-state index contributed by atoms with van der Waals surface area (Å²) in [5.74, 6) is 0. The maximum absolute atomic E-state index is 6.52. The van der Waals surface area contributed by atoms with Gasteiger partial charge in [0, 0.05) is 44.2 Å². The van der Waals surface area contributed by atoms with Crippen molar-refractivity contribution in [2.24, 2.45) is 0 Å². The Morgan fingerprint density at radius 2 is 0.806 bits per heavy atom. The first-order valence-electron chi connectivity index (χ1n) is 25.2. The fourth-order valence-corrected chi connectivity index (χ4v) is 12.6. The van der Waals surface area contributed by atoms with E-state index in [1.807, 2.05) is 6.07 Å². The molecule has 0 spiro atoms. The summed E-state index contributed by atoms with van der Waals surface area (Å²) in [6, 6.07) is 87.3. The van der Waals surface area contributed by atoms with Gasteiger partial charge in [-0.25, -0.2) is 0 Å². The molecule has 2 aliphatic carbocycles. The second-order valence-electron chi connectivity index (χ2n) is 20.8. The standard InChI is InChI=1S/C70H51NO/c1-69(2)60-26-13-10-19-53(60)54-42-41-51(43-62(54)69)71(49-37-33-46(34-38-49)52-24-16-25-58-55-20-12-15-28-63(55)72-68(52)58)50-39-35-48(36-40-50)65-64(47-31-29-45(30-32-47)44-17-6-5-7-18-44)56-21-8-9-22-57(56)67-66(65)59-23-11-14-27-61(59)70(67,3)4/h5-43H,1-4H3. The molecular weight excluding hydrogens is 871 g/mol. The van der Waals surface area contributed by atoms with Crippen LogP contribution in [-0.4, -0.2) is 0 Å². The van der Waals surface area contributed by atoms with Crippen LogP contribution in [0, 0.1) is 0 Å². The van der Waals surface area contributed by atoms with E-state index in [1.165, 1.54) is 88.7 Å². The molecule has 0 radical (unpaired) electrons. The second-order valence-corrected chi connectivity index (χ2v) is 20.8. The summed E-state index contributed by atoms with van der Waals surface area (Å²) >= 11 is 0. The number of benzene rings is 11. The fourth-order valence-electron chi connectivity index (χ4n) is 12.6. The maximum atomic E-state index is 6.52. The first kappa shape index (κ1) is 42.2. The van der Waals surface area contributed by atoms with Crippen LogP contribution in [0.5, 0.6) is 0 Å². The number of furan rings is 1. The lowest BCUT2D eigenvalue weighted by atomic mass is 9.77. The number of fused-ring (bicyclic) bond motifs is 11. The number of hydrogen-bond acceptors (Lipinski definition) is 2. The van der Waals surface area contributed by atoms with Gasteiger partial charge in [-0.2, -0.15) is 0 Å². The van der Waals surface area contributed by atoms with Crippen molar-refractivity contribution in [3.8, 4) is 66.8 Å². The van der Waals surface area contributed by atoms with Crippen LogP contribution in [-0.2, 0) is 10.8 Å². The topological polar surface area (TPSA) is 16.4 Å². The van der Waals surface area contributed by atoms with Crippen LogP contribution in [0.25, 0.3) is 99.5 Å². The molecule has 0 saturated heterocycles. The van der Waals surface area contributed by atoms with E-state index in [0.29, 0.717) is 0 Å². The van der Waals surface area contributed by atoms with Crippen LogP contribution < -0.4 is 4.90 Å². The van der Waals surface area contributed by atoms with E-state index in [-0.39, 0.29) is 10.8 Å². The molecule has 342 valence electrons. The van der Waals surface area contributed by atoms with Crippen molar-refractivity contribution in [1.29, 1.82) is 0 Å². The Kier molecular flexibility index (Phi) is 9.32. The summed E-state index contributed by atoms with van der Waals surface area (Å²) in [5.41, 5.74) is 25.1. The van der Waals surface area contributed by atoms with Gasteiger partial charge in [-0.05, 0) is 137 Å². The van der Waals surface area contributed by atoms with Crippen molar-refractivity contribution in [3.63, 3.8) is 0 Å². The molecular formula is C70H51NO. The number of rotatable bonds is 7. The van der Waals surface area contributed by atoms with Gasteiger partial charge in [0.1, 0.15) is 11.2 Å². The average Bonchev–Trinajstić information content (AvgIpc) is 4.01. The summed E-state index contributed by atoms with van der Waals surface area (Å²) in [6.45, 7) is 9.54. The van der Waals surface area contributed by atoms with E-state index in [1.54, 1.807) is 0 Å². The van der Waals surface area contributed by atoms with Gasteiger partial charge in [-0.3, -0.25) is 0 Å². The van der Waals surface area contributed by atoms with Crippen molar-refractivity contribution in [2.75, 3.05) is 4.90 Å². The van der Waals surface area contributed by atoms with Crippen molar-refractivity contribution < 1.29 is 4.42 Å². The zero-order valence-electron chi connectivity index (χ0n) is 40.9. The molecule has 72 heavy (non-hydrogen) atoms. The third-order valence-electron chi connectivity index (χ3n) is 16.1. The van der Waals surface area contributed by atoms with Crippen molar-refractivity contribution >= 4 is 49.8 Å². The lowest BCUT2D eigenvalue weighted by Gasteiger charge is -2.29. The number of para-hydroxylation sites is 2. The number of anilines is 3. The second kappa shape index (κ2) is 15.9. The van der Waals surface area contributed by atoms with E-state index in [2.05, 4.69) is 263 Å². The molecule has 0 unspecified atom stereocenters. The minimum Gasteiger partial charge on any atom is -0.455 e. The lowest BCUT2D eigenvalue weighted by Crippen LogP contribution is -2.16. The number of hydrogen-bond donors (Lipinski definition) is 0. The Bertz CT molecular complexity index is 4120. The van der Waals surface area contributed by atoms with Crippen LogP contribution in [0.1, 0.15) is 49.9 Å². The van der Waals surface area contributed by atoms with Gasteiger partial charge in [-0.15, -0.1) is 0 Å². The highest BCUT2D eigenvalue weighted by molar-refractivity contribution is 6.15. The molecule has 0 saturated carbocycles. The molecule has 0 aliphatic heterocycles. The molecule has 0 bridgehead atoms. The van der Waals surface area contributed by atoms with Crippen LogP contribution in [0.15, 0.2) is 241 Å². The Labute approximate surface area is 421 Å². The Morgan fingerprint density at radius 1 is 0.306 bits per heavy atom. The van der Waals surface area contributed by atoms with Gasteiger partial charge in [0.15, 0.2) is 0 Å². The SMILES string of the molecule is CC1(C)c2ccccc2-c2ccc(N(c3ccc(-c4c5c(c6ccccc6c4-c4ccc(-c6ccccc6)cc4)C(C)(C)c4ccccc4-5)cc3)c3ccc(-c4cccc5c4oc4ccccc45)cc3)cc21. The van der Waals surface area contributed by atoms with Gasteiger partial charge in [-0.1, -0.05) is 222 Å². The van der Waals surface area contributed by atoms with E-state index >= 15 is 0 Å². The van der Waals surface area contributed by atoms with E-state index in [9.17, 15) is 0 Å². The zero-order chi connectivity index (χ0) is 48.3. The Balaban J connectivity index is 0.953. The summed E-state index contributed by atoms with van der Waals surface area (Å²) in [5, 5.41) is 4.85. The maximum Gasteiger partial charge on any atom is 0.143 e. The van der Waals surface area contributed by atoms with E-state index < -0.39 is 0 Å². The predicted molar refractivity (Wildman–Crippen MR) is 303 cm³/mol. The van der Waals surface area contributed by atoms with Crippen LogP contribution >= 0.6 is 0 Å². The lowest BCUT2D eigenvalue weighted by molar-refractivity contribution is 0.660. The molecule has 14 rings (SSSR count). The van der Waals surface area contributed by atoms with Crippen LogP contribution in [0.4, 0.5) is 17.1 Å². The molecule has 11 aromatic carbocycles. The molecule has 0 atom stereocenters. The third-order valence-corrected chi connectivity index (χ3v) is 16.1. The molecule has 1 heterocycles. The molecule has 2 nitrogen and oxygen atoms in total. The van der Waals surface area contributed by atoms with Crippen LogP contribution in [0.2, 0.25) is 0 Å². The highest BCUT2D eigenvalue weighted by Crippen LogP contribution is 2.58. The summed E-state index contributed by atoms with van der Waals surface area (Å²) in [6.07, 6.45) is 0. The van der Waals surface area contributed by atoms with Gasteiger partial charge in [0.2, 0.25) is 0 Å². The van der Waals surface area contributed by atoms with Crippen molar-refractivity contribution in [2.45, 2.75) is 38.5 Å². The largest absolute Gasteiger partial charge is 0.455 e. The molecule has 12 aromatic rings. The molecule has 2 aliphatic rings. The molecule has 2 heteroatoms. The quantitative estimate of drug-likeness (QED) is 0.158. The Morgan fingerprint density at radius 3 is 1.54 bits per heavy atom. The van der Waals surface area contributed by atoms with E-state index in [4.69, 9.17) is 4.42 Å².